The lowest BCUT2D eigenvalue weighted by molar-refractivity contribution is 0.0137. The van der Waals surface area contributed by atoms with E-state index in [9.17, 15) is 0 Å². The zero-order chi connectivity index (χ0) is 11.5. The lowest BCUT2D eigenvalue weighted by atomic mass is 10.2. The Morgan fingerprint density at radius 2 is 2.00 bits per heavy atom. The molecule has 2 rings (SSSR count). The van der Waals surface area contributed by atoms with Crippen LogP contribution >= 0.6 is 0 Å². The first-order chi connectivity index (χ1) is 7.72. The Kier molecular flexibility index (Phi) is 3.05. The van der Waals surface area contributed by atoms with Crippen LogP contribution in [0.15, 0.2) is 12.1 Å². The Hall–Kier alpha value is -1.62. The van der Waals surface area contributed by atoms with Crippen molar-refractivity contribution in [1.82, 2.24) is 0 Å². The number of ether oxygens (including phenoxy) is 3. The molecular weight excluding hydrogens is 208 g/mol. The number of nitrogens with two attached hydrogens (primary N) is 2. The molecule has 5 heteroatoms. The summed E-state index contributed by atoms with van der Waals surface area (Å²) < 4.78 is 16.5. The molecule has 4 N–H and O–H groups in total. The number of anilines is 2. The van der Waals surface area contributed by atoms with Crippen LogP contribution in [0.2, 0.25) is 0 Å². The Morgan fingerprint density at radius 3 is 2.69 bits per heavy atom. The van der Waals surface area contributed by atoms with Gasteiger partial charge in [0.15, 0.2) is 17.6 Å². The van der Waals surface area contributed by atoms with Crippen LogP contribution in [0.3, 0.4) is 0 Å². The lowest BCUT2D eigenvalue weighted by Crippen LogP contribution is -2.34. The molecule has 0 bridgehead atoms. The summed E-state index contributed by atoms with van der Waals surface area (Å²) in [6.45, 7) is 3.51. The summed E-state index contributed by atoms with van der Waals surface area (Å²) in [7, 11) is 0. The van der Waals surface area contributed by atoms with E-state index in [0.29, 0.717) is 42.7 Å². The van der Waals surface area contributed by atoms with E-state index in [1.54, 1.807) is 12.1 Å². The molecule has 1 aromatic carbocycles. The number of nitrogen functional groups attached to an aromatic ring is 2. The Morgan fingerprint density at radius 1 is 1.31 bits per heavy atom. The van der Waals surface area contributed by atoms with E-state index < -0.39 is 0 Å². The summed E-state index contributed by atoms with van der Waals surface area (Å²) in [5.74, 6) is 1.06. The molecule has 0 radical (unpaired) electrons. The molecule has 0 fully saturated rings. The quantitative estimate of drug-likeness (QED) is 0.749. The van der Waals surface area contributed by atoms with Crippen molar-refractivity contribution in [2.24, 2.45) is 0 Å². The molecule has 0 saturated carbocycles. The highest BCUT2D eigenvalue weighted by atomic mass is 16.6. The first-order valence-corrected chi connectivity index (χ1v) is 5.27. The minimum Gasteiger partial charge on any atom is -0.484 e. The molecule has 0 saturated heterocycles. The van der Waals surface area contributed by atoms with Crippen LogP contribution in [0.5, 0.6) is 11.5 Å². The molecule has 0 amide bonds. The largest absolute Gasteiger partial charge is 0.484 e. The normalized spacial score (nSPS) is 18.4. The SMILES string of the molecule is CCOC[C@H]1COc2c(N)ccc(N)c2O1. The Labute approximate surface area is 94.3 Å². The smallest absolute Gasteiger partial charge is 0.186 e. The number of fused-ring (bicyclic) bond motifs is 1. The fraction of sp³-hybridized carbons (Fsp3) is 0.455. The molecule has 1 aliphatic heterocycles. The average molecular weight is 224 g/mol. The van der Waals surface area contributed by atoms with Crippen molar-refractivity contribution in [1.29, 1.82) is 0 Å². The molecule has 1 atom stereocenters. The predicted octanol–water partition coefficient (Wildman–Crippen LogP) is 1.03. The molecule has 0 spiro atoms. The van der Waals surface area contributed by atoms with E-state index in [0.717, 1.165) is 0 Å². The van der Waals surface area contributed by atoms with E-state index in [4.69, 9.17) is 25.7 Å². The van der Waals surface area contributed by atoms with Crippen LogP contribution < -0.4 is 20.9 Å². The van der Waals surface area contributed by atoms with Gasteiger partial charge in [0.25, 0.3) is 0 Å². The topological polar surface area (TPSA) is 79.7 Å². The van der Waals surface area contributed by atoms with Crippen molar-refractivity contribution in [3.8, 4) is 11.5 Å². The van der Waals surface area contributed by atoms with Crippen molar-refractivity contribution in [2.75, 3.05) is 31.3 Å². The Balaban J connectivity index is 2.16. The lowest BCUT2D eigenvalue weighted by Gasteiger charge is -2.27. The fourth-order valence-corrected chi connectivity index (χ4v) is 1.57. The number of hydrogen-bond acceptors (Lipinski definition) is 5. The van der Waals surface area contributed by atoms with Gasteiger partial charge in [-0.1, -0.05) is 0 Å². The van der Waals surface area contributed by atoms with Gasteiger partial charge in [-0.15, -0.1) is 0 Å². The highest BCUT2D eigenvalue weighted by Gasteiger charge is 2.24. The maximum atomic E-state index is 5.80. The number of rotatable bonds is 3. The van der Waals surface area contributed by atoms with E-state index >= 15 is 0 Å². The maximum Gasteiger partial charge on any atom is 0.186 e. The van der Waals surface area contributed by atoms with Crippen molar-refractivity contribution >= 4 is 11.4 Å². The fourth-order valence-electron chi connectivity index (χ4n) is 1.57. The van der Waals surface area contributed by atoms with E-state index in [-0.39, 0.29) is 6.10 Å². The van der Waals surface area contributed by atoms with E-state index in [2.05, 4.69) is 0 Å². The van der Waals surface area contributed by atoms with Crippen molar-refractivity contribution in [2.45, 2.75) is 13.0 Å². The van der Waals surface area contributed by atoms with Gasteiger partial charge in [-0.05, 0) is 19.1 Å². The first kappa shape index (κ1) is 10.9. The van der Waals surface area contributed by atoms with Crippen LogP contribution in [-0.2, 0) is 4.74 Å². The summed E-state index contributed by atoms with van der Waals surface area (Å²) in [5, 5.41) is 0. The summed E-state index contributed by atoms with van der Waals surface area (Å²) in [6.07, 6.45) is -0.128. The second kappa shape index (κ2) is 4.49. The van der Waals surface area contributed by atoms with Gasteiger partial charge >= 0.3 is 0 Å². The standard InChI is InChI=1S/C11H16N2O3/c1-2-14-5-7-6-15-10-8(12)3-4-9(13)11(10)16-7/h3-4,7H,2,5-6,12-13H2,1H3/t7-/m0/s1. The highest BCUT2D eigenvalue weighted by molar-refractivity contribution is 5.71. The summed E-state index contributed by atoms with van der Waals surface area (Å²) in [4.78, 5) is 0. The maximum absolute atomic E-state index is 5.80. The van der Waals surface area contributed by atoms with Gasteiger partial charge in [0.1, 0.15) is 6.61 Å². The van der Waals surface area contributed by atoms with E-state index in [1.165, 1.54) is 0 Å². The third-order valence-corrected chi connectivity index (χ3v) is 2.38. The minimum atomic E-state index is -0.128. The molecule has 16 heavy (non-hydrogen) atoms. The third-order valence-electron chi connectivity index (χ3n) is 2.38. The zero-order valence-corrected chi connectivity index (χ0v) is 9.23. The highest BCUT2D eigenvalue weighted by Crippen LogP contribution is 2.41. The number of hydrogen-bond donors (Lipinski definition) is 2. The summed E-state index contributed by atoms with van der Waals surface area (Å²) in [5.41, 5.74) is 12.6. The van der Waals surface area contributed by atoms with Gasteiger partial charge in [-0.25, -0.2) is 0 Å². The molecular formula is C11H16N2O3. The molecule has 5 nitrogen and oxygen atoms in total. The minimum absolute atomic E-state index is 0.128. The molecule has 1 heterocycles. The molecule has 88 valence electrons. The van der Waals surface area contributed by atoms with Crippen molar-refractivity contribution in [3.05, 3.63) is 12.1 Å². The molecule has 0 unspecified atom stereocenters. The van der Waals surface area contributed by atoms with Gasteiger partial charge < -0.3 is 25.7 Å². The second-order valence-electron chi connectivity index (χ2n) is 3.61. The van der Waals surface area contributed by atoms with Gasteiger partial charge in [0, 0.05) is 6.61 Å². The van der Waals surface area contributed by atoms with Gasteiger partial charge in [0.05, 0.1) is 18.0 Å². The third kappa shape index (κ3) is 1.99. The average Bonchev–Trinajstić information content (AvgIpc) is 2.31. The van der Waals surface area contributed by atoms with Crippen LogP contribution in [0, 0.1) is 0 Å². The molecule has 0 aliphatic carbocycles. The molecule has 1 aromatic rings. The van der Waals surface area contributed by atoms with Crippen LogP contribution in [-0.4, -0.2) is 25.9 Å². The van der Waals surface area contributed by atoms with Gasteiger partial charge in [0.2, 0.25) is 0 Å². The van der Waals surface area contributed by atoms with Gasteiger partial charge in [-0.2, -0.15) is 0 Å². The van der Waals surface area contributed by atoms with E-state index in [1.807, 2.05) is 6.92 Å². The Bertz CT molecular complexity index is 382. The predicted molar refractivity (Wildman–Crippen MR) is 61.7 cm³/mol. The number of benzene rings is 1. The summed E-state index contributed by atoms with van der Waals surface area (Å²) in [6, 6.07) is 3.42. The first-order valence-electron chi connectivity index (χ1n) is 5.27. The van der Waals surface area contributed by atoms with Gasteiger partial charge in [-0.3, -0.25) is 0 Å². The van der Waals surface area contributed by atoms with Crippen LogP contribution in [0.4, 0.5) is 11.4 Å². The van der Waals surface area contributed by atoms with Crippen molar-refractivity contribution < 1.29 is 14.2 Å². The second-order valence-corrected chi connectivity index (χ2v) is 3.61. The summed E-state index contributed by atoms with van der Waals surface area (Å²) >= 11 is 0. The molecule has 0 aromatic heterocycles. The molecule has 1 aliphatic rings. The van der Waals surface area contributed by atoms with Crippen LogP contribution in [0.25, 0.3) is 0 Å². The zero-order valence-electron chi connectivity index (χ0n) is 9.23. The monoisotopic (exact) mass is 224 g/mol. The van der Waals surface area contributed by atoms with Crippen LogP contribution in [0.1, 0.15) is 6.92 Å². The van der Waals surface area contributed by atoms with Crippen molar-refractivity contribution in [3.63, 3.8) is 0 Å².